The number of hydrogen-bond donors (Lipinski definition) is 0. The Balaban J connectivity index is 2.65. The van der Waals surface area contributed by atoms with E-state index in [4.69, 9.17) is 5.26 Å². The van der Waals surface area contributed by atoms with Gasteiger partial charge in [-0.25, -0.2) is 4.79 Å². The molecule has 0 aliphatic heterocycles. The zero-order chi connectivity index (χ0) is 11.1. The van der Waals surface area contributed by atoms with Crippen molar-refractivity contribution in [3.63, 3.8) is 0 Å². The number of nitriles is 1. The number of amides is 1. The molecule has 1 aromatic rings. The molecule has 5 heteroatoms. The number of ether oxygens (including phenoxy) is 1. The third-order valence-electron chi connectivity index (χ3n) is 1.51. The lowest BCUT2D eigenvalue weighted by Crippen LogP contribution is -1.95. The molecule has 0 aliphatic rings. The summed E-state index contributed by atoms with van der Waals surface area (Å²) in [5.74, 6) is 0. The van der Waals surface area contributed by atoms with Gasteiger partial charge in [-0.2, -0.15) is 5.26 Å². The highest BCUT2D eigenvalue weighted by molar-refractivity contribution is 5.67. The molecule has 0 aliphatic carbocycles. The molecule has 76 valence electrons. The van der Waals surface area contributed by atoms with Crippen LogP contribution in [0.5, 0.6) is 0 Å². The number of hydrogen-bond acceptors (Lipinski definition) is 4. The molecule has 0 heterocycles. The van der Waals surface area contributed by atoms with Gasteiger partial charge in [0.05, 0.1) is 23.9 Å². The van der Waals surface area contributed by atoms with Gasteiger partial charge in [0.1, 0.15) is 0 Å². The highest BCUT2D eigenvalue weighted by Crippen LogP contribution is 2.12. The molecule has 0 N–H and O–H groups in total. The van der Waals surface area contributed by atoms with Crippen LogP contribution >= 0.6 is 0 Å². The predicted molar refractivity (Wildman–Crippen MR) is 52.7 cm³/mol. The van der Waals surface area contributed by atoms with Crippen LogP contribution in [0.15, 0.2) is 34.5 Å². The molecule has 0 atom stereocenters. The average molecular weight is 203 g/mol. The topological polar surface area (TPSA) is 74.8 Å². The first-order valence-electron chi connectivity index (χ1n) is 4.35. The largest absolute Gasteiger partial charge is 0.452 e. The normalized spacial score (nSPS) is 9.87. The molecule has 1 amide bonds. The number of carbonyl (C=O) groups excluding carboxylic acids is 1. The summed E-state index contributed by atoms with van der Waals surface area (Å²) in [4.78, 5) is 10.8. The number of azo groups is 1. The van der Waals surface area contributed by atoms with Crippen LogP contribution in [0, 0.1) is 11.3 Å². The van der Waals surface area contributed by atoms with Gasteiger partial charge in [0, 0.05) is 0 Å². The van der Waals surface area contributed by atoms with Gasteiger partial charge in [-0.1, -0.05) is 5.11 Å². The maximum absolute atomic E-state index is 10.8. The van der Waals surface area contributed by atoms with Crippen molar-refractivity contribution in [3.05, 3.63) is 29.8 Å². The molecule has 0 bridgehead atoms. The molecule has 15 heavy (non-hydrogen) atoms. The molecule has 0 spiro atoms. The van der Waals surface area contributed by atoms with Crippen molar-refractivity contribution in [2.45, 2.75) is 6.92 Å². The lowest BCUT2D eigenvalue weighted by molar-refractivity contribution is 0.162. The van der Waals surface area contributed by atoms with Gasteiger partial charge >= 0.3 is 6.09 Å². The minimum absolute atomic E-state index is 0.269. The van der Waals surface area contributed by atoms with Crippen molar-refractivity contribution < 1.29 is 9.53 Å². The Morgan fingerprint density at radius 1 is 1.47 bits per heavy atom. The van der Waals surface area contributed by atoms with Crippen molar-refractivity contribution in [2.75, 3.05) is 6.61 Å². The smallest absolute Gasteiger partial charge is 0.447 e. The Kier molecular flexibility index (Phi) is 3.98. The fourth-order valence-electron chi connectivity index (χ4n) is 0.854. The van der Waals surface area contributed by atoms with Crippen LogP contribution in [0.25, 0.3) is 0 Å². The molecule has 0 radical (unpaired) electrons. The average Bonchev–Trinajstić information content (AvgIpc) is 2.27. The van der Waals surface area contributed by atoms with Gasteiger partial charge < -0.3 is 4.74 Å². The molecule has 0 saturated carbocycles. The zero-order valence-electron chi connectivity index (χ0n) is 8.17. The van der Waals surface area contributed by atoms with Crippen LogP contribution in [-0.4, -0.2) is 12.7 Å². The summed E-state index contributed by atoms with van der Waals surface area (Å²) < 4.78 is 4.56. The molecular formula is C10H9N3O2. The molecule has 0 fully saturated rings. The number of rotatable bonds is 2. The van der Waals surface area contributed by atoms with Crippen molar-refractivity contribution in [1.29, 1.82) is 5.26 Å². The van der Waals surface area contributed by atoms with Crippen LogP contribution in [0.3, 0.4) is 0 Å². The summed E-state index contributed by atoms with van der Waals surface area (Å²) in [5, 5.41) is 15.5. The highest BCUT2D eigenvalue weighted by atomic mass is 16.5. The summed E-state index contributed by atoms with van der Waals surface area (Å²) in [6.45, 7) is 1.96. The van der Waals surface area contributed by atoms with Gasteiger partial charge in [0.15, 0.2) is 0 Å². The van der Waals surface area contributed by atoms with Gasteiger partial charge in [0.25, 0.3) is 0 Å². The highest BCUT2D eigenvalue weighted by Gasteiger charge is 1.96. The van der Waals surface area contributed by atoms with E-state index in [0.717, 1.165) is 0 Å². The second-order valence-corrected chi connectivity index (χ2v) is 2.56. The molecule has 5 nitrogen and oxygen atoms in total. The van der Waals surface area contributed by atoms with Gasteiger partial charge in [-0.3, -0.25) is 0 Å². The fraction of sp³-hybridized carbons (Fsp3) is 0.200. The Hall–Kier alpha value is -2.22. The second kappa shape index (κ2) is 5.50. The van der Waals surface area contributed by atoms with Crippen molar-refractivity contribution in [2.24, 2.45) is 10.2 Å². The monoisotopic (exact) mass is 203 g/mol. The van der Waals surface area contributed by atoms with Crippen LogP contribution < -0.4 is 0 Å². The van der Waals surface area contributed by atoms with E-state index in [1.807, 2.05) is 6.07 Å². The first kappa shape index (κ1) is 10.9. The molecule has 1 aromatic carbocycles. The summed E-state index contributed by atoms with van der Waals surface area (Å²) in [5.41, 5.74) is 1.03. The summed E-state index contributed by atoms with van der Waals surface area (Å²) in [6, 6.07) is 8.37. The van der Waals surface area contributed by atoms with Crippen LogP contribution in [0.1, 0.15) is 12.5 Å². The Morgan fingerprint density at radius 3 is 2.67 bits per heavy atom. The van der Waals surface area contributed by atoms with Crippen molar-refractivity contribution >= 4 is 11.8 Å². The van der Waals surface area contributed by atoms with Crippen molar-refractivity contribution in [3.8, 4) is 6.07 Å². The number of benzene rings is 1. The minimum Gasteiger partial charge on any atom is -0.447 e. The van der Waals surface area contributed by atoms with Gasteiger partial charge in [0.2, 0.25) is 0 Å². The van der Waals surface area contributed by atoms with E-state index in [-0.39, 0.29) is 6.61 Å². The van der Waals surface area contributed by atoms with E-state index in [0.29, 0.717) is 11.3 Å². The Morgan fingerprint density at radius 2 is 2.13 bits per heavy atom. The standard InChI is InChI=1S/C10H9N3O2/c1-2-15-10(14)13-12-9-5-3-8(7-11)4-6-9/h3-6H,2H2,1H3. The van der Waals surface area contributed by atoms with Crippen molar-refractivity contribution in [1.82, 2.24) is 0 Å². The predicted octanol–water partition coefficient (Wildman–Crippen LogP) is 2.80. The minimum atomic E-state index is -0.721. The first-order valence-corrected chi connectivity index (χ1v) is 4.35. The Labute approximate surface area is 87.0 Å². The lowest BCUT2D eigenvalue weighted by atomic mass is 10.2. The molecule has 0 unspecified atom stereocenters. The maximum atomic E-state index is 10.8. The third kappa shape index (κ3) is 3.56. The lowest BCUT2D eigenvalue weighted by Gasteiger charge is -1.93. The van der Waals surface area contributed by atoms with E-state index in [2.05, 4.69) is 15.0 Å². The Bertz CT molecular complexity index is 404. The second-order valence-electron chi connectivity index (χ2n) is 2.56. The van der Waals surface area contributed by atoms with Gasteiger partial charge in [-0.05, 0) is 31.2 Å². The van der Waals surface area contributed by atoms with Crippen LogP contribution in [-0.2, 0) is 4.74 Å². The number of carbonyl (C=O) groups is 1. The van der Waals surface area contributed by atoms with Gasteiger partial charge in [-0.15, -0.1) is 5.11 Å². The zero-order valence-corrected chi connectivity index (χ0v) is 8.17. The fourth-order valence-corrected chi connectivity index (χ4v) is 0.854. The van der Waals surface area contributed by atoms with E-state index in [1.54, 1.807) is 31.2 Å². The van der Waals surface area contributed by atoms with E-state index in [9.17, 15) is 4.79 Å². The van der Waals surface area contributed by atoms with E-state index in [1.165, 1.54) is 0 Å². The molecule has 1 rings (SSSR count). The third-order valence-corrected chi connectivity index (χ3v) is 1.51. The quantitative estimate of drug-likeness (QED) is 0.693. The van der Waals surface area contributed by atoms with Crippen LogP contribution in [0.4, 0.5) is 10.5 Å². The maximum Gasteiger partial charge on any atom is 0.452 e. The van der Waals surface area contributed by atoms with Crippen LogP contribution in [0.2, 0.25) is 0 Å². The summed E-state index contributed by atoms with van der Waals surface area (Å²) in [7, 11) is 0. The molecular weight excluding hydrogens is 194 g/mol. The SMILES string of the molecule is CCOC(=O)N=Nc1ccc(C#N)cc1. The molecule has 0 aromatic heterocycles. The first-order chi connectivity index (χ1) is 7.26. The van der Waals surface area contributed by atoms with E-state index < -0.39 is 6.09 Å². The molecule has 0 saturated heterocycles. The number of nitrogens with zero attached hydrogens (tertiary/aromatic N) is 3. The van der Waals surface area contributed by atoms with E-state index >= 15 is 0 Å². The summed E-state index contributed by atoms with van der Waals surface area (Å²) in [6.07, 6.45) is -0.721. The summed E-state index contributed by atoms with van der Waals surface area (Å²) >= 11 is 0.